The van der Waals surface area contributed by atoms with Gasteiger partial charge in [0, 0.05) is 7.05 Å². The van der Waals surface area contributed by atoms with E-state index >= 15 is 0 Å². The van der Waals surface area contributed by atoms with E-state index in [-0.39, 0.29) is 18.5 Å². The van der Waals surface area contributed by atoms with Gasteiger partial charge in [0.25, 0.3) is 0 Å². The third-order valence-corrected chi connectivity index (χ3v) is 6.76. The largest absolute Gasteiger partial charge is 0.348 e. The van der Waals surface area contributed by atoms with Gasteiger partial charge in [-0.15, -0.1) is 0 Å². The molecule has 0 spiro atoms. The van der Waals surface area contributed by atoms with Crippen LogP contribution in [0, 0.1) is 20.8 Å². The Morgan fingerprint density at radius 2 is 1.87 bits per heavy atom. The highest BCUT2D eigenvalue weighted by Gasteiger charge is 2.19. The number of benzene rings is 2. The molecule has 0 aliphatic heterocycles. The SMILES string of the molecule is Cc1ccc([C@H](C)NC(=O)CN(C)c2nc3c(s2)c(C)nn3-c2ccccc2)cc1C. The van der Waals surface area contributed by atoms with Gasteiger partial charge in [-0.05, 0) is 56.5 Å². The van der Waals surface area contributed by atoms with Crippen molar-refractivity contribution in [2.45, 2.75) is 33.7 Å². The fraction of sp³-hybridized carbons (Fsp3) is 0.292. The summed E-state index contributed by atoms with van der Waals surface area (Å²) >= 11 is 1.56. The molecule has 7 heteroatoms. The first-order valence-electron chi connectivity index (χ1n) is 10.3. The number of fused-ring (bicyclic) bond motifs is 1. The number of aromatic nitrogens is 3. The van der Waals surface area contributed by atoms with E-state index < -0.39 is 0 Å². The van der Waals surface area contributed by atoms with Crippen molar-refractivity contribution in [1.29, 1.82) is 0 Å². The monoisotopic (exact) mass is 433 g/mol. The molecule has 160 valence electrons. The summed E-state index contributed by atoms with van der Waals surface area (Å²) in [7, 11) is 1.90. The topological polar surface area (TPSA) is 63.1 Å². The zero-order valence-corrected chi connectivity index (χ0v) is 19.3. The van der Waals surface area contributed by atoms with Gasteiger partial charge in [0.05, 0.1) is 28.7 Å². The van der Waals surface area contributed by atoms with Crippen molar-refractivity contribution in [3.63, 3.8) is 0 Å². The van der Waals surface area contributed by atoms with E-state index in [1.807, 2.05) is 60.8 Å². The van der Waals surface area contributed by atoms with Gasteiger partial charge in [-0.2, -0.15) is 10.1 Å². The molecule has 31 heavy (non-hydrogen) atoms. The number of hydrogen-bond acceptors (Lipinski definition) is 5. The van der Waals surface area contributed by atoms with Crippen LogP contribution < -0.4 is 10.2 Å². The smallest absolute Gasteiger partial charge is 0.240 e. The van der Waals surface area contributed by atoms with Gasteiger partial charge in [-0.25, -0.2) is 4.68 Å². The third-order valence-electron chi connectivity index (χ3n) is 5.49. The van der Waals surface area contributed by atoms with Gasteiger partial charge in [0.1, 0.15) is 0 Å². The molecule has 0 unspecified atom stereocenters. The fourth-order valence-corrected chi connectivity index (χ4v) is 4.47. The number of thiazole rings is 1. The van der Waals surface area contributed by atoms with Crippen LogP contribution >= 0.6 is 11.3 Å². The second kappa shape index (κ2) is 8.51. The summed E-state index contributed by atoms with van der Waals surface area (Å²) in [5.74, 6) is -0.0334. The molecule has 2 aromatic carbocycles. The molecule has 0 saturated carbocycles. The number of carbonyl (C=O) groups is 1. The number of nitrogens with zero attached hydrogens (tertiary/aromatic N) is 4. The Hall–Kier alpha value is -3.19. The summed E-state index contributed by atoms with van der Waals surface area (Å²) in [6.07, 6.45) is 0. The van der Waals surface area contributed by atoms with Crippen molar-refractivity contribution in [3.8, 4) is 5.69 Å². The van der Waals surface area contributed by atoms with Gasteiger partial charge in [-0.3, -0.25) is 4.79 Å². The van der Waals surface area contributed by atoms with Crippen molar-refractivity contribution >= 4 is 32.7 Å². The molecule has 6 nitrogen and oxygen atoms in total. The molecule has 1 atom stereocenters. The molecule has 4 aromatic rings. The summed E-state index contributed by atoms with van der Waals surface area (Å²) in [6.45, 7) is 8.42. The van der Waals surface area contributed by atoms with E-state index in [0.29, 0.717) is 0 Å². The van der Waals surface area contributed by atoms with Crippen LogP contribution in [0.4, 0.5) is 5.13 Å². The Kier molecular flexibility index (Phi) is 5.78. The van der Waals surface area contributed by atoms with Crippen LogP contribution in [-0.4, -0.2) is 34.3 Å². The maximum atomic E-state index is 12.7. The summed E-state index contributed by atoms with van der Waals surface area (Å²) in [5, 5.41) is 8.53. The first-order chi connectivity index (χ1) is 14.8. The minimum absolute atomic E-state index is 0.0334. The van der Waals surface area contributed by atoms with Crippen molar-refractivity contribution in [3.05, 3.63) is 70.9 Å². The molecule has 0 fully saturated rings. The minimum Gasteiger partial charge on any atom is -0.348 e. The Labute approximate surface area is 186 Å². The number of nitrogens with one attached hydrogen (secondary N) is 1. The van der Waals surface area contributed by atoms with Gasteiger partial charge in [0.2, 0.25) is 5.91 Å². The molecule has 0 radical (unpaired) electrons. The van der Waals surface area contributed by atoms with Crippen LogP contribution in [0.1, 0.15) is 35.3 Å². The molecule has 1 N–H and O–H groups in total. The lowest BCUT2D eigenvalue weighted by atomic mass is 10.0. The van der Waals surface area contributed by atoms with Crippen LogP contribution in [0.3, 0.4) is 0 Å². The number of para-hydroxylation sites is 1. The normalized spacial score (nSPS) is 12.2. The van der Waals surface area contributed by atoms with E-state index in [1.54, 1.807) is 11.3 Å². The maximum Gasteiger partial charge on any atom is 0.240 e. The number of amides is 1. The molecule has 0 aliphatic rings. The number of likely N-dealkylation sites (N-methyl/N-ethyl adjacent to an activating group) is 1. The Morgan fingerprint density at radius 3 is 2.58 bits per heavy atom. The first kappa shape index (κ1) is 21.1. The van der Waals surface area contributed by atoms with Gasteiger partial charge < -0.3 is 10.2 Å². The summed E-state index contributed by atoms with van der Waals surface area (Å²) < 4.78 is 2.90. The van der Waals surface area contributed by atoms with Crippen molar-refractivity contribution < 1.29 is 4.79 Å². The average molecular weight is 434 g/mol. The van der Waals surface area contributed by atoms with E-state index in [0.717, 1.165) is 32.4 Å². The van der Waals surface area contributed by atoms with E-state index in [2.05, 4.69) is 42.5 Å². The molecule has 0 saturated heterocycles. The summed E-state index contributed by atoms with van der Waals surface area (Å²) in [6, 6.07) is 16.2. The Balaban J connectivity index is 1.48. The number of rotatable bonds is 6. The van der Waals surface area contributed by atoms with Crippen molar-refractivity contribution in [1.82, 2.24) is 20.1 Å². The fourth-order valence-electron chi connectivity index (χ4n) is 3.52. The predicted molar refractivity (Wildman–Crippen MR) is 127 cm³/mol. The van der Waals surface area contributed by atoms with Crippen LogP contribution in [0.25, 0.3) is 16.0 Å². The molecule has 4 rings (SSSR count). The van der Waals surface area contributed by atoms with Crippen LogP contribution in [0.2, 0.25) is 0 Å². The molecular formula is C24H27N5OS. The van der Waals surface area contributed by atoms with Crippen LogP contribution in [-0.2, 0) is 4.79 Å². The molecule has 1 amide bonds. The molecule has 0 aliphatic carbocycles. The van der Waals surface area contributed by atoms with Crippen LogP contribution in [0.5, 0.6) is 0 Å². The summed E-state index contributed by atoms with van der Waals surface area (Å²) in [4.78, 5) is 19.4. The number of carbonyl (C=O) groups excluding carboxylic acids is 1. The third kappa shape index (κ3) is 4.32. The molecule has 2 aromatic heterocycles. The molecule has 0 bridgehead atoms. The maximum absolute atomic E-state index is 12.7. The summed E-state index contributed by atoms with van der Waals surface area (Å²) in [5.41, 5.74) is 6.32. The highest BCUT2D eigenvalue weighted by Crippen LogP contribution is 2.32. The van der Waals surface area contributed by atoms with Crippen LogP contribution in [0.15, 0.2) is 48.5 Å². The highest BCUT2D eigenvalue weighted by atomic mass is 32.1. The second-order valence-electron chi connectivity index (χ2n) is 7.97. The average Bonchev–Trinajstić information content (AvgIpc) is 3.31. The lowest BCUT2D eigenvalue weighted by molar-refractivity contribution is -0.120. The Morgan fingerprint density at radius 1 is 1.13 bits per heavy atom. The van der Waals surface area contributed by atoms with E-state index in [4.69, 9.17) is 4.98 Å². The molecular weight excluding hydrogens is 406 g/mol. The zero-order chi connectivity index (χ0) is 22.1. The zero-order valence-electron chi connectivity index (χ0n) is 18.5. The molecule has 2 heterocycles. The Bertz CT molecular complexity index is 1230. The van der Waals surface area contributed by atoms with E-state index in [9.17, 15) is 4.79 Å². The number of aryl methyl sites for hydroxylation is 3. The van der Waals surface area contributed by atoms with Crippen molar-refractivity contribution in [2.75, 3.05) is 18.5 Å². The van der Waals surface area contributed by atoms with Crippen molar-refractivity contribution in [2.24, 2.45) is 0 Å². The highest BCUT2D eigenvalue weighted by molar-refractivity contribution is 7.22. The number of hydrogen-bond donors (Lipinski definition) is 1. The predicted octanol–water partition coefficient (Wildman–Crippen LogP) is 4.72. The van der Waals surface area contributed by atoms with Gasteiger partial charge in [0.15, 0.2) is 10.8 Å². The number of anilines is 1. The standard InChI is InChI=1S/C24H27N5OS/c1-15-11-12-19(13-16(15)2)17(3)25-21(30)14-28(5)24-26-23-22(31-24)18(4)27-29(23)20-9-7-6-8-10-20/h6-13,17H,14H2,1-5H3,(H,25,30)/t17-/m0/s1. The van der Waals surface area contributed by atoms with Gasteiger partial charge >= 0.3 is 0 Å². The lowest BCUT2D eigenvalue weighted by Gasteiger charge is -2.19. The van der Waals surface area contributed by atoms with E-state index in [1.165, 1.54) is 11.1 Å². The van der Waals surface area contributed by atoms with Gasteiger partial charge in [-0.1, -0.05) is 47.7 Å². The minimum atomic E-state index is -0.0514. The first-order valence-corrected chi connectivity index (χ1v) is 11.1. The quantitative estimate of drug-likeness (QED) is 0.478. The lowest BCUT2D eigenvalue weighted by Crippen LogP contribution is -2.36. The second-order valence-corrected chi connectivity index (χ2v) is 8.95.